The van der Waals surface area contributed by atoms with Gasteiger partial charge in [-0.05, 0) is 19.3 Å². The molecule has 0 radical (unpaired) electrons. The molecular weight excluding hydrogens is 235 g/mol. The third-order valence-electron chi connectivity index (χ3n) is 2.84. The van der Waals surface area contributed by atoms with Gasteiger partial charge in [0.05, 0.1) is 6.20 Å². The molecule has 1 aliphatic heterocycles. The first-order valence-corrected chi connectivity index (χ1v) is 6.40. The van der Waals surface area contributed by atoms with Crippen molar-refractivity contribution in [3.05, 3.63) is 12.0 Å². The quantitative estimate of drug-likeness (QED) is 0.842. The number of anilines is 2. The second-order valence-electron chi connectivity index (χ2n) is 4.35. The number of rotatable bonds is 5. The van der Waals surface area contributed by atoms with Crippen molar-refractivity contribution >= 4 is 11.8 Å². The van der Waals surface area contributed by atoms with Gasteiger partial charge >= 0.3 is 0 Å². The van der Waals surface area contributed by atoms with Crippen molar-refractivity contribution in [3.63, 3.8) is 0 Å². The summed E-state index contributed by atoms with van der Waals surface area (Å²) in [5.74, 6) is 0.326. The third kappa shape index (κ3) is 3.53. The Morgan fingerprint density at radius 3 is 2.94 bits per heavy atom. The first-order valence-electron chi connectivity index (χ1n) is 6.40. The molecule has 5 nitrogen and oxygen atoms in total. The molecule has 1 fully saturated rings. The van der Waals surface area contributed by atoms with E-state index >= 15 is 0 Å². The van der Waals surface area contributed by atoms with Crippen molar-refractivity contribution < 1.29 is 9.13 Å². The maximum absolute atomic E-state index is 13.6. The fourth-order valence-corrected chi connectivity index (χ4v) is 1.83. The zero-order valence-corrected chi connectivity index (χ0v) is 10.6. The predicted molar refractivity (Wildman–Crippen MR) is 68.2 cm³/mol. The SMILES string of the molecule is CCCNc1ncc(F)c(NC2CCOCC2)n1. The Hall–Kier alpha value is -1.43. The van der Waals surface area contributed by atoms with Gasteiger partial charge in [-0.1, -0.05) is 6.92 Å². The zero-order chi connectivity index (χ0) is 12.8. The topological polar surface area (TPSA) is 59.1 Å². The first kappa shape index (κ1) is 13.0. The molecule has 100 valence electrons. The van der Waals surface area contributed by atoms with Crippen LogP contribution in [0.15, 0.2) is 6.20 Å². The van der Waals surface area contributed by atoms with Crippen LogP contribution in [0.5, 0.6) is 0 Å². The van der Waals surface area contributed by atoms with Crippen LogP contribution in [0.3, 0.4) is 0 Å². The number of halogens is 1. The van der Waals surface area contributed by atoms with Gasteiger partial charge in [0.1, 0.15) is 0 Å². The van der Waals surface area contributed by atoms with Crippen LogP contribution in [0.25, 0.3) is 0 Å². The van der Waals surface area contributed by atoms with E-state index in [0.29, 0.717) is 19.2 Å². The molecule has 18 heavy (non-hydrogen) atoms. The normalized spacial score (nSPS) is 16.6. The second-order valence-corrected chi connectivity index (χ2v) is 4.35. The average Bonchev–Trinajstić information content (AvgIpc) is 2.41. The Labute approximate surface area is 106 Å². The summed E-state index contributed by atoms with van der Waals surface area (Å²) < 4.78 is 18.9. The number of nitrogens with one attached hydrogen (secondary N) is 2. The maximum atomic E-state index is 13.6. The fraction of sp³-hybridized carbons (Fsp3) is 0.667. The minimum atomic E-state index is -0.413. The van der Waals surface area contributed by atoms with Gasteiger partial charge in [0, 0.05) is 25.8 Å². The largest absolute Gasteiger partial charge is 0.381 e. The Bertz CT molecular complexity index is 382. The van der Waals surface area contributed by atoms with Gasteiger partial charge < -0.3 is 15.4 Å². The molecule has 1 aliphatic rings. The molecule has 0 aromatic carbocycles. The molecule has 0 atom stereocenters. The van der Waals surface area contributed by atoms with E-state index in [-0.39, 0.29) is 11.9 Å². The van der Waals surface area contributed by atoms with Crippen LogP contribution < -0.4 is 10.6 Å². The van der Waals surface area contributed by atoms with E-state index in [1.807, 2.05) is 0 Å². The van der Waals surface area contributed by atoms with Crippen LogP contribution in [0, 0.1) is 5.82 Å². The second kappa shape index (κ2) is 6.49. The summed E-state index contributed by atoms with van der Waals surface area (Å²) in [4.78, 5) is 8.06. The lowest BCUT2D eigenvalue weighted by Crippen LogP contribution is -2.28. The lowest BCUT2D eigenvalue weighted by atomic mass is 10.1. The van der Waals surface area contributed by atoms with Gasteiger partial charge in [0.25, 0.3) is 0 Å². The molecule has 2 heterocycles. The predicted octanol–water partition coefficient (Wildman–Crippen LogP) is 2.03. The van der Waals surface area contributed by atoms with E-state index in [4.69, 9.17) is 4.74 Å². The van der Waals surface area contributed by atoms with Crippen LogP contribution in [-0.4, -0.2) is 35.8 Å². The average molecular weight is 254 g/mol. The van der Waals surface area contributed by atoms with Crippen LogP contribution in [0.2, 0.25) is 0 Å². The number of hydrogen-bond donors (Lipinski definition) is 2. The van der Waals surface area contributed by atoms with Crippen LogP contribution >= 0.6 is 0 Å². The van der Waals surface area contributed by atoms with Crippen molar-refractivity contribution in [3.8, 4) is 0 Å². The van der Waals surface area contributed by atoms with E-state index in [1.165, 1.54) is 6.20 Å². The fourth-order valence-electron chi connectivity index (χ4n) is 1.83. The minimum absolute atomic E-state index is 0.224. The van der Waals surface area contributed by atoms with Crippen molar-refractivity contribution in [1.82, 2.24) is 9.97 Å². The van der Waals surface area contributed by atoms with Gasteiger partial charge in [0.15, 0.2) is 11.6 Å². The Morgan fingerprint density at radius 1 is 1.44 bits per heavy atom. The Kier molecular flexibility index (Phi) is 4.69. The summed E-state index contributed by atoms with van der Waals surface area (Å²) in [6, 6.07) is 0.224. The smallest absolute Gasteiger partial charge is 0.224 e. The molecule has 1 aromatic heterocycles. The standard InChI is InChI=1S/C12H19FN4O/c1-2-5-14-12-15-8-10(13)11(17-12)16-9-3-6-18-7-4-9/h8-9H,2-7H2,1H3,(H2,14,15,16,17). The van der Waals surface area contributed by atoms with E-state index in [9.17, 15) is 4.39 Å². The lowest BCUT2D eigenvalue weighted by Gasteiger charge is -2.23. The van der Waals surface area contributed by atoms with Crippen LogP contribution in [0.4, 0.5) is 16.2 Å². The molecule has 0 unspecified atom stereocenters. The third-order valence-corrected chi connectivity index (χ3v) is 2.84. The summed E-state index contributed by atoms with van der Waals surface area (Å²) in [6.45, 7) is 4.26. The molecule has 6 heteroatoms. The van der Waals surface area contributed by atoms with Crippen molar-refractivity contribution in [1.29, 1.82) is 0 Å². The van der Waals surface area contributed by atoms with Gasteiger partial charge in [-0.3, -0.25) is 0 Å². The van der Waals surface area contributed by atoms with Gasteiger partial charge in [-0.2, -0.15) is 4.98 Å². The molecule has 0 saturated carbocycles. The number of nitrogens with zero attached hydrogens (tertiary/aromatic N) is 2. The molecule has 0 amide bonds. The molecule has 0 aliphatic carbocycles. The summed E-state index contributed by atoms with van der Waals surface area (Å²) in [5, 5.41) is 6.17. The zero-order valence-electron chi connectivity index (χ0n) is 10.6. The monoisotopic (exact) mass is 254 g/mol. The van der Waals surface area contributed by atoms with Crippen molar-refractivity contribution in [2.75, 3.05) is 30.4 Å². The van der Waals surface area contributed by atoms with Crippen molar-refractivity contribution in [2.45, 2.75) is 32.2 Å². The number of ether oxygens (including phenoxy) is 1. The van der Waals surface area contributed by atoms with E-state index < -0.39 is 5.82 Å². The van der Waals surface area contributed by atoms with E-state index in [1.54, 1.807) is 0 Å². The minimum Gasteiger partial charge on any atom is -0.381 e. The number of aromatic nitrogens is 2. The molecule has 0 spiro atoms. The van der Waals surface area contributed by atoms with Crippen LogP contribution in [-0.2, 0) is 4.74 Å². The summed E-state index contributed by atoms with van der Waals surface area (Å²) in [7, 11) is 0. The summed E-state index contributed by atoms with van der Waals surface area (Å²) >= 11 is 0. The lowest BCUT2D eigenvalue weighted by molar-refractivity contribution is 0.0903. The van der Waals surface area contributed by atoms with Gasteiger partial charge in [-0.15, -0.1) is 0 Å². The van der Waals surface area contributed by atoms with E-state index in [0.717, 1.165) is 25.8 Å². The highest BCUT2D eigenvalue weighted by Crippen LogP contribution is 2.17. The molecular formula is C12H19FN4O. The molecule has 2 N–H and O–H groups in total. The molecule has 0 bridgehead atoms. The molecule has 1 saturated heterocycles. The Morgan fingerprint density at radius 2 is 2.22 bits per heavy atom. The maximum Gasteiger partial charge on any atom is 0.224 e. The van der Waals surface area contributed by atoms with E-state index in [2.05, 4.69) is 27.5 Å². The number of hydrogen-bond acceptors (Lipinski definition) is 5. The van der Waals surface area contributed by atoms with Gasteiger partial charge in [-0.25, -0.2) is 9.37 Å². The highest BCUT2D eigenvalue weighted by Gasteiger charge is 2.16. The highest BCUT2D eigenvalue weighted by molar-refractivity contribution is 5.41. The van der Waals surface area contributed by atoms with Crippen molar-refractivity contribution in [2.24, 2.45) is 0 Å². The van der Waals surface area contributed by atoms with Gasteiger partial charge in [0.2, 0.25) is 5.95 Å². The molecule has 1 aromatic rings. The molecule has 2 rings (SSSR count). The summed E-state index contributed by atoms with van der Waals surface area (Å²) in [5.41, 5.74) is 0. The van der Waals surface area contributed by atoms with Crippen LogP contribution in [0.1, 0.15) is 26.2 Å². The first-order chi connectivity index (χ1) is 8.79. The summed E-state index contributed by atoms with van der Waals surface area (Å²) in [6.07, 6.45) is 3.93. The Balaban J connectivity index is 2.00. The highest BCUT2D eigenvalue weighted by atomic mass is 19.1.